The Labute approximate surface area is 110 Å². The molecule has 0 saturated carbocycles. The summed E-state index contributed by atoms with van der Waals surface area (Å²) in [5, 5.41) is 13.9. The number of hydrogen-bond donors (Lipinski definition) is 2. The third-order valence-electron chi connectivity index (χ3n) is 2.78. The highest BCUT2D eigenvalue weighted by molar-refractivity contribution is 7.10. The van der Waals surface area contributed by atoms with Crippen molar-refractivity contribution in [2.24, 2.45) is 0 Å². The van der Waals surface area contributed by atoms with E-state index < -0.39 is 5.97 Å². The van der Waals surface area contributed by atoms with Crippen molar-refractivity contribution in [2.45, 2.75) is 19.5 Å². The van der Waals surface area contributed by atoms with E-state index >= 15 is 0 Å². The van der Waals surface area contributed by atoms with Crippen molar-refractivity contribution in [1.29, 1.82) is 0 Å². The van der Waals surface area contributed by atoms with E-state index in [0.29, 0.717) is 12.1 Å². The van der Waals surface area contributed by atoms with Crippen LogP contribution < -0.4 is 5.32 Å². The van der Waals surface area contributed by atoms with Crippen LogP contribution in [0.5, 0.6) is 0 Å². The summed E-state index contributed by atoms with van der Waals surface area (Å²) < 4.78 is 0. The molecule has 4 heteroatoms. The third-order valence-corrected chi connectivity index (χ3v) is 3.72. The van der Waals surface area contributed by atoms with Crippen molar-refractivity contribution in [1.82, 2.24) is 5.32 Å². The number of carboxylic acids is 1. The maximum atomic E-state index is 10.8. The molecule has 0 aliphatic heterocycles. The molecule has 0 radical (unpaired) electrons. The highest BCUT2D eigenvalue weighted by Crippen LogP contribution is 2.17. The number of aromatic carboxylic acids is 1. The first-order valence-corrected chi connectivity index (χ1v) is 6.64. The van der Waals surface area contributed by atoms with Crippen molar-refractivity contribution < 1.29 is 9.90 Å². The minimum absolute atomic E-state index is 0.251. The van der Waals surface area contributed by atoms with Crippen LogP contribution in [-0.2, 0) is 6.54 Å². The quantitative estimate of drug-likeness (QED) is 0.868. The lowest BCUT2D eigenvalue weighted by Gasteiger charge is -2.13. The maximum Gasteiger partial charge on any atom is 0.336 e. The first kappa shape index (κ1) is 12.8. The van der Waals surface area contributed by atoms with Crippen LogP contribution in [0.3, 0.4) is 0 Å². The Hall–Kier alpha value is -1.65. The van der Waals surface area contributed by atoms with E-state index in [0.717, 1.165) is 4.88 Å². The number of rotatable bonds is 5. The molecule has 2 N–H and O–H groups in total. The van der Waals surface area contributed by atoms with E-state index in [4.69, 9.17) is 5.11 Å². The van der Waals surface area contributed by atoms with E-state index in [1.165, 1.54) is 16.9 Å². The minimum Gasteiger partial charge on any atom is -0.478 e. The van der Waals surface area contributed by atoms with Gasteiger partial charge in [-0.15, -0.1) is 11.3 Å². The second kappa shape index (κ2) is 5.80. The molecule has 0 aliphatic rings. The Kier molecular flexibility index (Phi) is 4.12. The molecular formula is C14H15NO2S. The number of carboxylic acid groups (broad SMARTS) is 1. The predicted molar refractivity (Wildman–Crippen MR) is 73.0 cm³/mol. The molecule has 2 aromatic rings. The second-order valence-corrected chi connectivity index (χ2v) is 5.12. The fourth-order valence-corrected chi connectivity index (χ4v) is 2.51. The lowest BCUT2D eigenvalue weighted by atomic mass is 10.1. The Balaban J connectivity index is 1.93. The summed E-state index contributed by atoms with van der Waals surface area (Å²) in [7, 11) is 0. The van der Waals surface area contributed by atoms with Crippen LogP contribution in [0.4, 0.5) is 0 Å². The largest absolute Gasteiger partial charge is 0.478 e. The standard InChI is InChI=1S/C14H15NO2S/c1-10(11-5-3-2-4-6-11)15-8-13-7-12(9-18-13)14(16)17/h2-7,9-10,15H,8H2,1H3,(H,16,17)/t10-/m0/s1. The van der Waals surface area contributed by atoms with Gasteiger partial charge < -0.3 is 10.4 Å². The summed E-state index contributed by atoms with van der Waals surface area (Å²) in [5.74, 6) is -0.867. The van der Waals surface area contributed by atoms with Crippen LogP contribution >= 0.6 is 11.3 Å². The van der Waals surface area contributed by atoms with E-state index in [1.807, 2.05) is 18.2 Å². The average Bonchev–Trinajstić information content (AvgIpc) is 2.86. The van der Waals surface area contributed by atoms with Crippen LogP contribution in [0.2, 0.25) is 0 Å². The fourth-order valence-electron chi connectivity index (χ4n) is 1.70. The van der Waals surface area contributed by atoms with Crippen molar-refractivity contribution in [3.8, 4) is 0 Å². The van der Waals surface area contributed by atoms with Gasteiger partial charge in [0.2, 0.25) is 0 Å². The molecule has 0 fully saturated rings. The summed E-state index contributed by atoms with van der Waals surface area (Å²) >= 11 is 1.47. The van der Waals surface area contributed by atoms with Gasteiger partial charge in [0.1, 0.15) is 0 Å². The number of thiophene rings is 1. The molecule has 0 aliphatic carbocycles. The summed E-state index contributed by atoms with van der Waals surface area (Å²) in [6, 6.07) is 12.2. The highest BCUT2D eigenvalue weighted by Gasteiger charge is 2.08. The van der Waals surface area contributed by atoms with Gasteiger partial charge in [0.15, 0.2) is 0 Å². The lowest BCUT2D eigenvalue weighted by Crippen LogP contribution is -2.17. The molecule has 3 nitrogen and oxygen atoms in total. The van der Waals surface area contributed by atoms with Gasteiger partial charge in [-0.05, 0) is 18.6 Å². The van der Waals surface area contributed by atoms with Gasteiger partial charge in [-0.3, -0.25) is 0 Å². The molecule has 94 valence electrons. The number of carbonyl (C=O) groups is 1. The van der Waals surface area contributed by atoms with Crippen LogP contribution in [0.15, 0.2) is 41.8 Å². The first-order valence-electron chi connectivity index (χ1n) is 5.76. The second-order valence-electron chi connectivity index (χ2n) is 4.12. The molecule has 0 unspecified atom stereocenters. The molecule has 0 bridgehead atoms. The third kappa shape index (κ3) is 3.18. The van der Waals surface area contributed by atoms with Crippen LogP contribution in [0, 0.1) is 0 Å². The average molecular weight is 261 g/mol. The molecule has 2 rings (SSSR count). The Bertz CT molecular complexity index is 522. The fraction of sp³-hybridized carbons (Fsp3) is 0.214. The SMILES string of the molecule is C[C@H](NCc1cc(C(=O)O)cs1)c1ccccc1. The molecule has 0 amide bonds. The molecule has 1 heterocycles. The van der Waals surface area contributed by atoms with Crippen LogP contribution in [0.25, 0.3) is 0 Å². The predicted octanol–water partition coefficient (Wildman–Crippen LogP) is 3.30. The van der Waals surface area contributed by atoms with Gasteiger partial charge in [0.25, 0.3) is 0 Å². The summed E-state index contributed by atoms with van der Waals surface area (Å²) in [6.07, 6.45) is 0. The van der Waals surface area contributed by atoms with Gasteiger partial charge in [0.05, 0.1) is 5.56 Å². The first-order chi connectivity index (χ1) is 8.66. The van der Waals surface area contributed by atoms with Gasteiger partial charge in [0, 0.05) is 22.8 Å². The molecule has 18 heavy (non-hydrogen) atoms. The van der Waals surface area contributed by atoms with Gasteiger partial charge in [-0.1, -0.05) is 30.3 Å². The van der Waals surface area contributed by atoms with E-state index in [1.54, 1.807) is 11.4 Å². The van der Waals surface area contributed by atoms with E-state index in [2.05, 4.69) is 24.4 Å². The zero-order valence-electron chi connectivity index (χ0n) is 10.1. The van der Waals surface area contributed by atoms with Crippen molar-refractivity contribution in [2.75, 3.05) is 0 Å². The van der Waals surface area contributed by atoms with Gasteiger partial charge in [-0.25, -0.2) is 4.79 Å². The monoisotopic (exact) mass is 261 g/mol. The summed E-state index contributed by atoms with van der Waals surface area (Å²) in [4.78, 5) is 11.8. The summed E-state index contributed by atoms with van der Waals surface area (Å²) in [5.41, 5.74) is 1.59. The molecule has 1 aromatic heterocycles. The molecule has 0 spiro atoms. The van der Waals surface area contributed by atoms with Crippen molar-refractivity contribution in [3.05, 3.63) is 57.8 Å². The highest BCUT2D eigenvalue weighted by atomic mass is 32.1. The number of hydrogen-bond acceptors (Lipinski definition) is 3. The lowest BCUT2D eigenvalue weighted by molar-refractivity contribution is 0.0697. The molecule has 1 aromatic carbocycles. The van der Waals surface area contributed by atoms with Crippen molar-refractivity contribution in [3.63, 3.8) is 0 Å². The number of nitrogens with one attached hydrogen (secondary N) is 1. The number of benzene rings is 1. The Morgan fingerprint density at radius 1 is 1.39 bits per heavy atom. The van der Waals surface area contributed by atoms with E-state index in [9.17, 15) is 4.79 Å². The zero-order valence-corrected chi connectivity index (χ0v) is 10.9. The van der Waals surface area contributed by atoms with Crippen LogP contribution in [0.1, 0.15) is 33.8 Å². The normalized spacial score (nSPS) is 12.3. The summed E-state index contributed by atoms with van der Waals surface area (Å²) in [6.45, 7) is 2.79. The molecule has 1 atom stereocenters. The smallest absolute Gasteiger partial charge is 0.336 e. The van der Waals surface area contributed by atoms with Crippen LogP contribution in [-0.4, -0.2) is 11.1 Å². The maximum absolute atomic E-state index is 10.8. The minimum atomic E-state index is -0.867. The van der Waals surface area contributed by atoms with Gasteiger partial charge in [-0.2, -0.15) is 0 Å². The zero-order chi connectivity index (χ0) is 13.0. The van der Waals surface area contributed by atoms with E-state index in [-0.39, 0.29) is 6.04 Å². The molecular weight excluding hydrogens is 246 g/mol. The Morgan fingerprint density at radius 2 is 2.11 bits per heavy atom. The van der Waals surface area contributed by atoms with Crippen molar-refractivity contribution >= 4 is 17.3 Å². The van der Waals surface area contributed by atoms with Gasteiger partial charge >= 0.3 is 5.97 Å². The topological polar surface area (TPSA) is 49.3 Å². The molecule has 0 saturated heterocycles. The Morgan fingerprint density at radius 3 is 2.72 bits per heavy atom.